The number of sulfonamides is 1. The number of para-hydroxylation sites is 1. The quantitative estimate of drug-likeness (QED) is 0.524. The Kier molecular flexibility index (Phi) is 6.49. The van der Waals surface area contributed by atoms with Crippen molar-refractivity contribution in [3.05, 3.63) is 69.6 Å². The summed E-state index contributed by atoms with van der Waals surface area (Å²) in [6.45, 7) is 3.11. The first-order valence-corrected chi connectivity index (χ1v) is 11.4. The first kappa shape index (κ1) is 22.9. The molecule has 2 N–H and O–H groups in total. The van der Waals surface area contributed by atoms with Crippen molar-refractivity contribution in [2.75, 3.05) is 10.0 Å². The molecular formula is C20H20Cl2N4O4S. The second-order valence-electron chi connectivity index (χ2n) is 6.79. The number of hydrogen-bond acceptors (Lipinski definition) is 4. The van der Waals surface area contributed by atoms with Crippen molar-refractivity contribution in [1.82, 2.24) is 9.36 Å². The van der Waals surface area contributed by atoms with Crippen LogP contribution in [0.5, 0.6) is 0 Å². The minimum atomic E-state index is -4.25. The fourth-order valence-electron chi connectivity index (χ4n) is 2.90. The first-order valence-electron chi connectivity index (χ1n) is 9.14. The van der Waals surface area contributed by atoms with Crippen LogP contribution in [0, 0.1) is 6.92 Å². The predicted molar refractivity (Wildman–Crippen MR) is 122 cm³/mol. The molecule has 0 saturated carbocycles. The van der Waals surface area contributed by atoms with Crippen LogP contribution in [0.3, 0.4) is 0 Å². The van der Waals surface area contributed by atoms with Gasteiger partial charge in [0.15, 0.2) is 0 Å². The van der Waals surface area contributed by atoms with E-state index in [1.54, 1.807) is 42.9 Å². The summed E-state index contributed by atoms with van der Waals surface area (Å²) in [6.07, 6.45) is 0. The molecule has 1 amide bonds. The number of benzene rings is 2. The van der Waals surface area contributed by atoms with Gasteiger partial charge in [-0.3, -0.25) is 19.0 Å². The molecule has 0 bridgehead atoms. The maximum absolute atomic E-state index is 13.1. The molecule has 1 unspecified atom stereocenters. The molecule has 0 radical (unpaired) electrons. The van der Waals surface area contributed by atoms with Crippen LogP contribution in [0.1, 0.15) is 12.6 Å². The van der Waals surface area contributed by atoms with Gasteiger partial charge >= 0.3 is 0 Å². The van der Waals surface area contributed by atoms with Crippen molar-refractivity contribution in [2.45, 2.75) is 24.1 Å². The van der Waals surface area contributed by atoms with Gasteiger partial charge < -0.3 is 5.32 Å². The Morgan fingerprint density at radius 2 is 1.77 bits per heavy atom. The topological polar surface area (TPSA) is 102 Å². The number of carbonyl (C=O) groups is 1. The Balaban J connectivity index is 2.02. The average molecular weight is 483 g/mol. The average Bonchev–Trinajstić information content (AvgIpc) is 2.92. The maximum Gasteiger partial charge on any atom is 0.296 e. The second-order valence-corrected chi connectivity index (χ2v) is 9.51. The summed E-state index contributed by atoms with van der Waals surface area (Å²) in [5.74, 6) is -0.495. The number of aromatic nitrogens is 2. The standard InChI is InChI=1S/C20H20Cl2N4O4S/c1-12(21)19(27)23-14-9-10-16(22)17(11-14)31(29,30)24-18-13(2)25(3)26(20(18)28)15-7-5-4-6-8-15/h4-12,24H,1-3H3,(H,23,27). The normalized spacial score (nSPS) is 12.4. The van der Waals surface area contributed by atoms with Crippen LogP contribution < -0.4 is 15.6 Å². The van der Waals surface area contributed by atoms with Gasteiger partial charge in [0.25, 0.3) is 15.6 Å². The molecule has 3 rings (SSSR count). The van der Waals surface area contributed by atoms with Crippen molar-refractivity contribution in [1.29, 1.82) is 0 Å². The van der Waals surface area contributed by atoms with Crippen molar-refractivity contribution in [2.24, 2.45) is 7.05 Å². The molecule has 1 atom stereocenters. The highest BCUT2D eigenvalue weighted by atomic mass is 35.5. The van der Waals surface area contributed by atoms with Gasteiger partial charge in [-0.2, -0.15) is 0 Å². The van der Waals surface area contributed by atoms with E-state index >= 15 is 0 Å². The molecule has 0 aliphatic carbocycles. The fourth-order valence-corrected chi connectivity index (χ4v) is 4.60. The van der Waals surface area contributed by atoms with Gasteiger partial charge in [-0.25, -0.2) is 13.1 Å². The largest absolute Gasteiger partial charge is 0.325 e. The van der Waals surface area contributed by atoms with E-state index in [0.717, 1.165) is 0 Å². The van der Waals surface area contributed by atoms with E-state index in [2.05, 4.69) is 10.0 Å². The monoisotopic (exact) mass is 482 g/mol. The molecule has 1 heterocycles. The second kappa shape index (κ2) is 8.78. The molecule has 0 fully saturated rings. The number of rotatable bonds is 6. The van der Waals surface area contributed by atoms with Gasteiger partial charge in [0.1, 0.15) is 16.0 Å². The Hall–Kier alpha value is -2.75. The Morgan fingerprint density at radius 3 is 2.39 bits per heavy atom. The minimum absolute atomic E-state index is 0.0682. The van der Waals surface area contributed by atoms with Crippen LogP contribution in [-0.4, -0.2) is 29.1 Å². The zero-order valence-corrected chi connectivity index (χ0v) is 19.2. The van der Waals surface area contributed by atoms with E-state index in [4.69, 9.17) is 23.2 Å². The van der Waals surface area contributed by atoms with Crippen LogP contribution in [-0.2, 0) is 21.9 Å². The number of amides is 1. The lowest BCUT2D eigenvalue weighted by molar-refractivity contribution is -0.115. The van der Waals surface area contributed by atoms with Crippen LogP contribution >= 0.6 is 23.2 Å². The molecule has 8 nitrogen and oxygen atoms in total. The summed E-state index contributed by atoms with van der Waals surface area (Å²) >= 11 is 11.9. The SMILES string of the molecule is Cc1c(NS(=O)(=O)c2cc(NC(=O)C(C)Cl)ccc2Cl)c(=O)n(-c2ccccc2)n1C. The zero-order chi connectivity index (χ0) is 22.9. The number of nitrogens with zero attached hydrogens (tertiary/aromatic N) is 2. The summed E-state index contributed by atoms with van der Waals surface area (Å²) in [5, 5.41) is 1.63. The van der Waals surface area contributed by atoms with Gasteiger partial charge in [-0.05, 0) is 44.2 Å². The third kappa shape index (κ3) is 4.63. The summed E-state index contributed by atoms with van der Waals surface area (Å²) in [5.41, 5.74) is 0.557. The zero-order valence-electron chi connectivity index (χ0n) is 16.9. The van der Waals surface area contributed by atoms with Crippen molar-refractivity contribution in [3.63, 3.8) is 0 Å². The highest BCUT2D eigenvalue weighted by molar-refractivity contribution is 7.92. The Morgan fingerprint density at radius 1 is 1.13 bits per heavy atom. The lowest BCUT2D eigenvalue weighted by atomic mass is 10.3. The fraction of sp³-hybridized carbons (Fsp3) is 0.200. The smallest absolute Gasteiger partial charge is 0.296 e. The predicted octanol–water partition coefficient (Wildman–Crippen LogP) is 3.50. The Labute approximate surface area is 189 Å². The van der Waals surface area contributed by atoms with Crippen LogP contribution in [0.25, 0.3) is 5.69 Å². The summed E-state index contributed by atoms with van der Waals surface area (Å²) in [6, 6.07) is 12.8. The molecule has 0 saturated heterocycles. The van der Waals surface area contributed by atoms with Gasteiger partial charge in [-0.1, -0.05) is 29.8 Å². The number of carbonyl (C=O) groups excluding carboxylic acids is 1. The summed E-state index contributed by atoms with van der Waals surface area (Å²) in [4.78, 5) is 24.5. The van der Waals surface area contributed by atoms with Crippen molar-refractivity contribution < 1.29 is 13.2 Å². The molecule has 2 aromatic carbocycles. The van der Waals surface area contributed by atoms with Crippen molar-refractivity contribution in [3.8, 4) is 5.69 Å². The third-order valence-corrected chi connectivity index (χ3v) is 6.67. The molecule has 164 valence electrons. The third-order valence-electron chi connectivity index (χ3n) is 4.64. The molecule has 0 aliphatic heterocycles. The van der Waals surface area contributed by atoms with E-state index in [9.17, 15) is 18.0 Å². The van der Waals surface area contributed by atoms with E-state index in [1.807, 2.05) is 6.07 Å². The van der Waals surface area contributed by atoms with Crippen LogP contribution in [0.4, 0.5) is 11.4 Å². The minimum Gasteiger partial charge on any atom is -0.325 e. The van der Waals surface area contributed by atoms with Crippen LogP contribution in [0.2, 0.25) is 5.02 Å². The number of anilines is 2. The lowest BCUT2D eigenvalue weighted by Gasteiger charge is -2.12. The molecule has 0 spiro atoms. The molecular weight excluding hydrogens is 463 g/mol. The number of halogens is 2. The summed E-state index contributed by atoms with van der Waals surface area (Å²) < 4.78 is 31.4. The highest BCUT2D eigenvalue weighted by Gasteiger charge is 2.25. The van der Waals surface area contributed by atoms with Crippen molar-refractivity contribution >= 4 is 50.5 Å². The molecule has 0 aliphatic rings. The van der Waals surface area contributed by atoms with E-state index in [-0.39, 0.29) is 21.3 Å². The first-order chi connectivity index (χ1) is 14.5. The number of alkyl halides is 1. The van der Waals surface area contributed by atoms with Gasteiger partial charge in [-0.15, -0.1) is 11.6 Å². The van der Waals surface area contributed by atoms with E-state index in [0.29, 0.717) is 11.4 Å². The molecule has 11 heteroatoms. The van der Waals surface area contributed by atoms with E-state index < -0.39 is 26.9 Å². The highest BCUT2D eigenvalue weighted by Crippen LogP contribution is 2.27. The molecule has 31 heavy (non-hydrogen) atoms. The molecule has 1 aromatic heterocycles. The van der Waals surface area contributed by atoms with E-state index in [1.165, 1.54) is 29.8 Å². The lowest BCUT2D eigenvalue weighted by Crippen LogP contribution is -2.23. The van der Waals surface area contributed by atoms with Gasteiger partial charge in [0.2, 0.25) is 5.91 Å². The summed E-state index contributed by atoms with van der Waals surface area (Å²) in [7, 11) is -2.60. The maximum atomic E-state index is 13.1. The van der Waals surface area contributed by atoms with Crippen LogP contribution in [0.15, 0.2) is 58.2 Å². The van der Waals surface area contributed by atoms with Gasteiger partial charge in [0.05, 0.1) is 16.4 Å². The van der Waals surface area contributed by atoms with Gasteiger partial charge in [0, 0.05) is 12.7 Å². The molecule has 3 aromatic rings. The number of nitrogens with one attached hydrogen (secondary N) is 2. The number of hydrogen-bond donors (Lipinski definition) is 2. The Bertz CT molecular complexity index is 1300.